The van der Waals surface area contributed by atoms with Crippen LogP contribution in [0, 0.1) is 6.92 Å². The predicted molar refractivity (Wildman–Crippen MR) is 76.1 cm³/mol. The quantitative estimate of drug-likeness (QED) is 0.940. The van der Waals surface area contributed by atoms with Gasteiger partial charge in [0.25, 0.3) is 5.91 Å². The SMILES string of the molecule is CCc1nnsc1C(=O)Nc1ccc(Br)cc1C. The van der Waals surface area contributed by atoms with Gasteiger partial charge in [-0.2, -0.15) is 0 Å². The molecule has 2 aromatic rings. The smallest absolute Gasteiger partial charge is 0.269 e. The van der Waals surface area contributed by atoms with Crippen LogP contribution in [0.3, 0.4) is 0 Å². The number of hydrogen-bond acceptors (Lipinski definition) is 4. The lowest BCUT2D eigenvalue weighted by molar-refractivity contribution is 0.102. The fraction of sp³-hybridized carbons (Fsp3) is 0.250. The summed E-state index contributed by atoms with van der Waals surface area (Å²) in [6.07, 6.45) is 0.707. The fourth-order valence-electron chi connectivity index (χ4n) is 1.56. The van der Waals surface area contributed by atoms with Crippen molar-refractivity contribution in [1.82, 2.24) is 9.59 Å². The lowest BCUT2D eigenvalue weighted by atomic mass is 10.2. The third kappa shape index (κ3) is 2.76. The monoisotopic (exact) mass is 325 g/mol. The zero-order valence-electron chi connectivity index (χ0n) is 10.0. The molecular formula is C12H12BrN3OS. The van der Waals surface area contributed by atoms with Crippen molar-refractivity contribution in [3.05, 3.63) is 38.8 Å². The molecule has 0 radical (unpaired) electrons. The van der Waals surface area contributed by atoms with Crippen LogP contribution in [0.2, 0.25) is 0 Å². The summed E-state index contributed by atoms with van der Waals surface area (Å²) in [5.41, 5.74) is 2.55. The second-order valence-corrected chi connectivity index (χ2v) is 5.49. The molecule has 4 nitrogen and oxygen atoms in total. The number of amides is 1. The van der Waals surface area contributed by atoms with Gasteiger partial charge in [-0.1, -0.05) is 27.3 Å². The molecule has 0 aliphatic heterocycles. The molecule has 0 aliphatic rings. The summed E-state index contributed by atoms with van der Waals surface area (Å²) >= 11 is 4.52. The van der Waals surface area contributed by atoms with Crippen molar-refractivity contribution in [2.45, 2.75) is 20.3 Å². The molecule has 0 saturated heterocycles. The zero-order valence-corrected chi connectivity index (χ0v) is 12.4. The molecule has 6 heteroatoms. The number of carbonyl (C=O) groups is 1. The van der Waals surface area contributed by atoms with Gasteiger partial charge < -0.3 is 5.32 Å². The van der Waals surface area contributed by atoms with Gasteiger partial charge >= 0.3 is 0 Å². The third-order valence-electron chi connectivity index (χ3n) is 2.53. The molecule has 18 heavy (non-hydrogen) atoms. The molecule has 0 saturated carbocycles. The van der Waals surface area contributed by atoms with E-state index in [1.165, 1.54) is 0 Å². The number of aromatic nitrogens is 2. The van der Waals surface area contributed by atoms with Crippen LogP contribution in [0.4, 0.5) is 5.69 Å². The van der Waals surface area contributed by atoms with Crippen LogP contribution < -0.4 is 5.32 Å². The van der Waals surface area contributed by atoms with Gasteiger partial charge in [0.2, 0.25) is 0 Å². The van der Waals surface area contributed by atoms with E-state index in [0.29, 0.717) is 11.3 Å². The molecule has 0 aliphatic carbocycles. The summed E-state index contributed by atoms with van der Waals surface area (Å²) in [5, 5.41) is 6.82. The van der Waals surface area contributed by atoms with E-state index in [4.69, 9.17) is 0 Å². The van der Waals surface area contributed by atoms with E-state index in [1.807, 2.05) is 32.0 Å². The Kier molecular flexibility index (Phi) is 4.08. The van der Waals surface area contributed by atoms with Crippen LogP contribution in [-0.2, 0) is 6.42 Å². The standard InChI is InChI=1S/C12H12BrN3OS/c1-3-9-11(18-16-15-9)12(17)14-10-5-4-8(13)6-7(10)2/h4-6H,3H2,1-2H3,(H,14,17). The Bertz CT molecular complexity index is 582. The summed E-state index contributed by atoms with van der Waals surface area (Å²) < 4.78 is 4.81. The highest BCUT2D eigenvalue weighted by Crippen LogP contribution is 2.21. The minimum atomic E-state index is -0.146. The number of halogens is 1. The molecule has 0 spiro atoms. The molecule has 1 aromatic carbocycles. The van der Waals surface area contributed by atoms with Gasteiger partial charge in [-0.05, 0) is 48.6 Å². The van der Waals surface area contributed by atoms with Gasteiger partial charge in [-0.15, -0.1) is 5.10 Å². The molecule has 94 valence electrons. The van der Waals surface area contributed by atoms with Gasteiger partial charge in [0, 0.05) is 10.2 Å². The highest BCUT2D eigenvalue weighted by atomic mass is 79.9. The maximum absolute atomic E-state index is 12.1. The second-order valence-electron chi connectivity index (χ2n) is 3.82. The lowest BCUT2D eigenvalue weighted by Gasteiger charge is -2.07. The van der Waals surface area contributed by atoms with Crippen molar-refractivity contribution < 1.29 is 4.79 Å². The van der Waals surface area contributed by atoms with Crippen LogP contribution in [0.15, 0.2) is 22.7 Å². The van der Waals surface area contributed by atoms with Crippen molar-refractivity contribution in [3.8, 4) is 0 Å². The van der Waals surface area contributed by atoms with Crippen molar-refractivity contribution in [2.24, 2.45) is 0 Å². The van der Waals surface area contributed by atoms with Crippen molar-refractivity contribution in [3.63, 3.8) is 0 Å². The first-order valence-electron chi connectivity index (χ1n) is 5.50. The maximum atomic E-state index is 12.1. The lowest BCUT2D eigenvalue weighted by Crippen LogP contribution is -2.13. The number of nitrogens with one attached hydrogen (secondary N) is 1. The molecule has 0 bridgehead atoms. The Morgan fingerprint density at radius 1 is 1.50 bits per heavy atom. The molecule has 1 N–H and O–H groups in total. The van der Waals surface area contributed by atoms with Crippen LogP contribution in [0.1, 0.15) is 27.9 Å². The van der Waals surface area contributed by atoms with E-state index in [0.717, 1.165) is 32.9 Å². The van der Waals surface area contributed by atoms with Crippen molar-refractivity contribution in [2.75, 3.05) is 5.32 Å². The van der Waals surface area contributed by atoms with Crippen molar-refractivity contribution >= 4 is 39.1 Å². The summed E-state index contributed by atoms with van der Waals surface area (Å²) in [6.45, 7) is 3.91. The minimum Gasteiger partial charge on any atom is -0.321 e. The second kappa shape index (κ2) is 5.58. The third-order valence-corrected chi connectivity index (χ3v) is 3.79. The first kappa shape index (κ1) is 13.2. The summed E-state index contributed by atoms with van der Waals surface area (Å²) in [6, 6.07) is 5.73. The first-order valence-corrected chi connectivity index (χ1v) is 7.07. The Morgan fingerprint density at radius 2 is 2.28 bits per heavy atom. The number of aryl methyl sites for hydroxylation is 2. The molecule has 1 amide bonds. The van der Waals surface area contributed by atoms with E-state index >= 15 is 0 Å². The Hall–Kier alpha value is -1.27. The molecule has 1 aromatic heterocycles. The normalized spacial score (nSPS) is 10.4. The number of hydrogen-bond donors (Lipinski definition) is 1. The molecular weight excluding hydrogens is 314 g/mol. The van der Waals surface area contributed by atoms with Gasteiger partial charge in [0.1, 0.15) is 4.88 Å². The van der Waals surface area contributed by atoms with Crippen LogP contribution >= 0.6 is 27.5 Å². The van der Waals surface area contributed by atoms with E-state index in [1.54, 1.807) is 0 Å². The summed E-state index contributed by atoms with van der Waals surface area (Å²) in [4.78, 5) is 12.7. The summed E-state index contributed by atoms with van der Waals surface area (Å²) in [7, 11) is 0. The molecule has 0 fully saturated rings. The van der Waals surface area contributed by atoms with E-state index in [2.05, 4.69) is 30.8 Å². The topological polar surface area (TPSA) is 54.9 Å². The van der Waals surface area contributed by atoms with Gasteiger partial charge in [-0.3, -0.25) is 4.79 Å². The van der Waals surface area contributed by atoms with E-state index in [9.17, 15) is 4.79 Å². The predicted octanol–water partition coefficient (Wildman–Crippen LogP) is 3.42. The summed E-state index contributed by atoms with van der Waals surface area (Å²) in [5.74, 6) is -0.146. The van der Waals surface area contributed by atoms with Gasteiger partial charge in [0.05, 0.1) is 5.69 Å². The number of benzene rings is 1. The van der Waals surface area contributed by atoms with Gasteiger partial charge in [0.15, 0.2) is 0 Å². The maximum Gasteiger partial charge on any atom is 0.269 e. The highest BCUT2D eigenvalue weighted by molar-refractivity contribution is 9.10. The first-order chi connectivity index (χ1) is 8.61. The van der Waals surface area contributed by atoms with Crippen molar-refractivity contribution in [1.29, 1.82) is 0 Å². The Morgan fingerprint density at radius 3 is 2.94 bits per heavy atom. The number of nitrogens with zero attached hydrogens (tertiary/aromatic N) is 2. The Balaban J connectivity index is 2.21. The number of rotatable bonds is 3. The minimum absolute atomic E-state index is 0.146. The largest absolute Gasteiger partial charge is 0.321 e. The van der Waals surface area contributed by atoms with Crippen LogP contribution in [0.25, 0.3) is 0 Å². The van der Waals surface area contributed by atoms with Crippen LogP contribution in [0.5, 0.6) is 0 Å². The van der Waals surface area contributed by atoms with Gasteiger partial charge in [-0.25, -0.2) is 0 Å². The zero-order chi connectivity index (χ0) is 13.1. The van der Waals surface area contributed by atoms with E-state index < -0.39 is 0 Å². The number of carbonyl (C=O) groups excluding carboxylic acids is 1. The number of anilines is 1. The average molecular weight is 326 g/mol. The molecule has 2 rings (SSSR count). The molecule has 0 unspecified atom stereocenters. The van der Waals surface area contributed by atoms with Crippen LogP contribution in [-0.4, -0.2) is 15.5 Å². The highest BCUT2D eigenvalue weighted by Gasteiger charge is 2.15. The molecule has 1 heterocycles. The molecule has 0 atom stereocenters. The van der Waals surface area contributed by atoms with E-state index in [-0.39, 0.29) is 5.91 Å². The fourth-order valence-corrected chi connectivity index (χ4v) is 2.68. The Labute approximate surface area is 118 Å². The average Bonchev–Trinajstić information content (AvgIpc) is 2.81.